The molecule has 5 atom stereocenters. The summed E-state index contributed by atoms with van der Waals surface area (Å²) in [7, 11) is 0.211. The fourth-order valence-corrected chi connectivity index (χ4v) is 6.42. The minimum absolute atomic E-state index is 0. The van der Waals surface area contributed by atoms with Crippen LogP contribution < -0.4 is 43.8 Å². The fourth-order valence-electron chi connectivity index (χ4n) is 5.57. The van der Waals surface area contributed by atoms with Crippen LogP contribution in [-0.4, -0.2) is 71.1 Å². The van der Waals surface area contributed by atoms with Gasteiger partial charge in [-0.1, -0.05) is 49.7 Å². The van der Waals surface area contributed by atoms with Crippen molar-refractivity contribution in [1.29, 1.82) is 0 Å². The van der Waals surface area contributed by atoms with Crippen LogP contribution in [0.3, 0.4) is 0 Å². The van der Waals surface area contributed by atoms with Crippen LogP contribution in [0.1, 0.15) is 42.9 Å². The first-order valence-electron chi connectivity index (χ1n) is 15.5. The van der Waals surface area contributed by atoms with Crippen molar-refractivity contribution in [2.75, 3.05) is 33.7 Å². The molecule has 0 aliphatic heterocycles. The molecule has 0 saturated heterocycles. The minimum Gasteiger partial charge on any atom is -0.748 e. The molecule has 1 saturated carbocycles. The van der Waals surface area contributed by atoms with E-state index >= 15 is 0 Å². The minimum atomic E-state index is -4.60. The van der Waals surface area contributed by atoms with Crippen LogP contribution in [0.25, 0.3) is 0 Å². The van der Waals surface area contributed by atoms with E-state index in [1.165, 1.54) is 0 Å². The van der Waals surface area contributed by atoms with Gasteiger partial charge in [0.1, 0.15) is 29.5 Å². The van der Waals surface area contributed by atoms with Gasteiger partial charge in [0.25, 0.3) is 0 Å². The van der Waals surface area contributed by atoms with E-state index in [0.29, 0.717) is 18.1 Å². The third-order valence-electron chi connectivity index (χ3n) is 8.07. The van der Waals surface area contributed by atoms with Gasteiger partial charge in [-0.25, -0.2) is 8.42 Å². The number of ether oxygens (including phenoxy) is 7. The molecule has 10 nitrogen and oxygen atoms in total. The molecule has 0 N–H and O–H groups in total. The van der Waals surface area contributed by atoms with Gasteiger partial charge < -0.3 is 37.7 Å². The average Bonchev–Trinajstić information content (AvgIpc) is 3.06. The molecule has 1 aliphatic rings. The predicted molar refractivity (Wildman–Crippen MR) is 172 cm³/mol. The van der Waals surface area contributed by atoms with E-state index in [4.69, 9.17) is 33.2 Å². The van der Waals surface area contributed by atoms with Crippen LogP contribution in [0.5, 0.6) is 17.2 Å². The van der Waals surface area contributed by atoms with Crippen molar-refractivity contribution in [3.8, 4) is 17.2 Å². The SMILES string of the molecule is CCCCO[C@@H]1C[C@H](CS(=O)(=O)[O-])[C@H](OCc2ccc(OC)cc2)[C@H](OCc2ccc(OC)cc2)[C@H]1OCc1ccc(OC)cc1.[Na+]. The van der Waals surface area contributed by atoms with E-state index in [2.05, 4.69) is 6.92 Å². The van der Waals surface area contributed by atoms with Gasteiger partial charge in [0.05, 0.1) is 63.5 Å². The summed E-state index contributed by atoms with van der Waals surface area (Å²) in [5.41, 5.74) is 2.66. The first-order valence-corrected chi connectivity index (χ1v) is 17.1. The molecule has 12 heteroatoms. The topological polar surface area (TPSA) is 122 Å². The molecule has 0 aromatic heterocycles. The molecule has 0 amide bonds. The van der Waals surface area contributed by atoms with Gasteiger partial charge in [-0.15, -0.1) is 0 Å². The second kappa shape index (κ2) is 19.7. The Bertz CT molecular complexity index is 1420. The monoisotopic (exact) mass is 680 g/mol. The van der Waals surface area contributed by atoms with Crippen molar-refractivity contribution >= 4 is 10.1 Å². The van der Waals surface area contributed by atoms with Crippen LogP contribution in [-0.2, 0) is 48.9 Å². The van der Waals surface area contributed by atoms with Crippen molar-refractivity contribution in [2.45, 2.75) is 70.4 Å². The van der Waals surface area contributed by atoms with Gasteiger partial charge in [0, 0.05) is 18.3 Å². The summed E-state index contributed by atoms with van der Waals surface area (Å²) >= 11 is 0. The second-order valence-corrected chi connectivity index (χ2v) is 12.8. The Hall–Kier alpha value is -2.19. The van der Waals surface area contributed by atoms with Crippen molar-refractivity contribution in [3.63, 3.8) is 0 Å². The first-order chi connectivity index (χ1) is 22.2. The number of benzene rings is 3. The van der Waals surface area contributed by atoms with Gasteiger partial charge in [0.15, 0.2) is 0 Å². The summed E-state index contributed by atoms with van der Waals surface area (Å²) in [4.78, 5) is 0. The quantitative estimate of drug-likeness (QED) is 0.113. The summed E-state index contributed by atoms with van der Waals surface area (Å²) in [6.45, 7) is 3.14. The van der Waals surface area contributed by atoms with Crippen molar-refractivity contribution in [1.82, 2.24) is 0 Å². The van der Waals surface area contributed by atoms with Gasteiger partial charge >= 0.3 is 29.6 Å². The number of methoxy groups -OCH3 is 3. The van der Waals surface area contributed by atoms with Crippen LogP contribution in [0.15, 0.2) is 72.8 Å². The van der Waals surface area contributed by atoms with Gasteiger partial charge in [-0.3, -0.25) is 0 Å². The smallest absolute Gasteiger partial charge is 0.748 e. The number of unbranched alkanes of at least 4 members (excludes halogenated alkanes) is 1. The Morgan fingerprint density at radius 2 is 1.04 bits per heavy atom. The zero-order valence-electron chi connectivity index (χ0n) is 28.0. The van der Waals surface area contributed by atoms with Gasteiger partial charge in [-0.05, 0) is 65.9 Å². The van der Waals surface area contributed by atoms with E-state index < -0.39 is 46.2 Å². The molecule has 0 unspecified atom stereocenters. The van der Waals surface area contributed by atoms with E-state index in [0.717, 1.165) is 35.3 Å². The van der Waals surface area contributed by atoms with Crippen molar-refractivity contribution in [3.05, 3.63) is 89.5 Å². The first kappa shape index (κ1) is 39.3. The van der Waals surface area contributed by atoms with Crippen LogP contribution in [0.2, 0.25) is 0 Å². The second-order valence-electron chi connectivity index (χ2n) is 11.4. The van der Waals surface area contributed by atoms with E-state index in [9.17, 15) is 13.0 Å². The average molecular weight is 681 g/mol. The standard InChI is InChI=1S/C35H46O10S.Na/c1-5-6-19-42-32-20-28(24-46(36,37)38)33(43-21-25-7-13-29(39-2)14-8-25)35(45-23-27-11-17-31(41-4)18-12-27)34(32)44-22-26-9-15-30(40-3)16-10-26;/h7-18,28,32-35H,5-6,19-24H2,1-4H3,(H,36,37,38);/q;+1/p-1/t28-,32-,33+,34+,35+;/m1./s1. The fraction of sp³-hybridized carbons (Fsp3) is 0.486. The van der Waals surface area contributed by atoms with Crippen molar-refractivity contribution < 1.29 is 75.7 Å². The largest absolute Gasteiger partial charge is 1.00 e. The van der Waals surface area contributed by atoms with Crippen LogP contribution in [0, 0.1) is 5.92 Å². The summed E-state index contributed by atoms with van der Waals surface area (Å²) in [5, 5.41) is 0. The predicted octanol–water partition coefficient (Wildman–Crippen LogP) is 2.52. The number of hydrogen-bond acceptors (Lipinski definition) is 10. The normalized spacial score (nSPS) is 21.1. The van der Waals surface area contributed by atoms with E-state index in [-0.39, 0.29) is 55.8 Å². The molecule has 3 aromatic rings. The van der Waals surface area contributed by atoms with Crippen LogP contribution >= 0.6 is 0 Å². The third-order valence-corrected chi connectivity index (χ3v) is 8.90. The zero-order valence-corrected chi connectivity index (χ0v) is 30.8. The van der Waals surface area contributed by atoms with Crippen LogP contribution in [0.4, 0.5) is 0 Å². The Kier molecular flexibility index (Phi) is 16.5. The molecule has 47 heavy (non-hydrogen) atoms. The summed E-state index contributed by atoms with van der Waals surface area (Å²) < 4.78 is 78.4. The molecular weight excluding hydrogens is 635 g/mol. The molecule has 3 aromatic carbocycles. The van der Waals surface area contributed by atoms with Crippen molar-refractivity contribution in [2.24, 2.45) is 5.92 Å². The Morgan fingerprint density at radius 1 is 0.638 bits per heavy atom. The molecular formula is C35H45NaO10S. The van der Waals surface area contributed by atoms with E-state index in [1.54, 1.807) is 21.3 Å². The Morgan fingerprint density at radius 3 is 1.43 bits per heavy atom. The molecule has 0 heterocycles. The summed E-state index contributed by atoms with van der Waals surface area (Å²) in [5.74, 6) is 0.858. The summed E-state index contributed by atoms with van der Waals surface area (Å²) in [6.07, 6.45) is -0.689. The maximum absolute atomic E-state index is 12.2. The molecule has 0 radical (unpaired) electrons. The number of hydrogen-bond donors (Lipinski definition) is 0. The van der Waals surface area contributed by atoms with Gasteiger partial charge in [0.2, 0.25) is 0 Å². The molecule has 0 bridgehead atoms. The molecule has 1 fully saturated rings. The number of rotatable bonds is 18. The molecule has 4 rings (SSSR count). The Labute approximate surface area is 301 Å². The summed E-state index contributed by atoms with van der Waals surface area (Å²) in [6, 6.07) is 22.5. The van der Waals surface area contributed by atoms with Gasteiger partial charge in [-0.2, -0.15) is 0 Å². The van der Waals surface area contributed by atoms with E-state index in [1.807, 2.05) is 72.8 Å². The molecule has 1 aliphatic carbocycles. The molecule has 0 spiro atoms. The maximum atomic E-state index is 12.2. The third kappa shape index (κ3) is 12.3. The molecule has 252 valence electrons. The maximum Gasteiger partial charge on any atom is 1.00 e. The zero-order chi connectivity index (χ0) is 32.9. The Balaban J connectivity index is 0.00000600.